The third kappa shape index (κ3) is 6.89. The second-order valence-electron chi connectivity index (χ2n) is 9.24. The summed E-state index contributed by atoms with van der Waals surface area (Å²) >= 11 is 0. The van der Waals surface area contributed by atoms with E-state index in [1.54, 1.807) is 13.3 Å². The molecule has 0 bridgehead atoms. The van der Waals surface area contributed by atoms with Crippen molar-refractivity contribution in [2.45, 2.75) is 55.1 Å². The van der Waals surface area contributed by atoms with Gasteiger partial charge in [0.1, 0.15) is 6.10 Å². The van der Waals surface area contributed by atoms with Gasteiger partial charge < -0.3 is 19.6 Å². The summed E-state index contributed by atoms with van der Waals surface area (Å²) in [5.74, 6) is 0.206. The van der Waals surface area contributed by atoms with E-state index in [9.17, 15) is 13.2 Å². The number of nitrogens with one attached hydrogen (secondary N) is 1. The number of benzene rings is 1. The van der Waals surface area contributed by atoms with E-state index in [1.165, 1.54) is 48.9 Å². The van der Waals surface area contributed by atoms with Crippen molar-refractivity contribution in [2.24, 2.45) is 5.16 Å². The second-order valence-corrected chi connectivity index (χ2v) is 11.3. The maximum atomic E-state index is 13.2. The lowest BCUT2D eigenvalue weighted by atomic mass is 10.1. The Labute approximate surface area is 217 Å². The average molecular weight is 532 g/mol. The molecule has 37 heavy (non-hydrogen) atoms. The molecule has 2 saturated carbocycles. The predicted octanol–water partition coefficient (Wildman–Crippen LogP) is 2.55. The number of nitrogens with zero attached hydrogens (tertiary/aromatic N) is 4. The van der Waals surface area contributed by atoms with Crippen LogP contribution in [0.25, 0.3) is 0 Å². The highest BCUT2D eigenvalue weighted by Gasteiger charge is 2.28. The molecule has 2 atom stereocenters. The van der Waals surface area contributed by atoms with Crippen LogP contribution < -0.4 is 5.32 Å². The van der Waals surface area contributed by atoms with E-state index in [1.807, 2.05) is 0 Å². The minimum absolute atomic E-state index is 0.00521. The monoisotopic (exact) mass is 531 g/mol. The second kappa shape index (κ2) is 12.1. The maximum Gasteiger partial charge on any atom is 0.279 e. The molecule has 0 unspecified atom stereocenters. The fraction of sp³-hybridized carbons (Fsp3) is 0.520. The highest BCUT2D eigenvalue weighted by atomic mass is 32.2. The first kappa shape index (κ1) is 27.1. The highest BCUT2D eigenvalue weighted by molar-refractivity contribution is 7.89. The van der Waals surface area contributed by atoms with Crippen LogP contribution in [0.2, 0.25) is 0 Å². The van der Waals surface area contributed by atoms with E-state index in [0.29, 0.717) is 23.7 Å². The van der Waals surface area contributed by atoms with E-state index in [-0.39, 0.29) is 36.0 Å². The number of likely N-dealkylation sites (N-methyl/N-ethyl adjacent to an activating group) is 1. The lowest BCUT2D eigenvalue weighted by Crippen LogP contribution is -2.30. The van der Waals surface area contributed by atoms with Gasteiger partial charge in [-0.15, -0.1) is 0 Å². The van der Waals surface area contributed by atoms with Gasteiger partial charge in [-0.05, 0) is 37.8 Å². The van der Waals surface area contributed by atoms with Crippen LogP contribution in [0.5, 0.6) is 0 Å². The lowest BCUT2D eigenvalue weighted by molar-refractivity contribution is -0.110. The molecule has 0 radical (unpaired) electrons. The molecular formula is C25H33N5O6S. The Morgan fingerprint density at radius 3 is 2.41 bits per heavy atom. The SMILES string of the molecule is COCCN(C)S(=O)(=O)c1ccc(/C(=N\O[C@@H]2CC[C@@H](OC)C2)C(=O)Nc2cnc(C3CC3)cn2)cc1. The van der Waals surface area contributed by atoms with Gasteiger partial charge in [0.05, 0.1) is 35.7 Å². The smallest absolute Gasteiger partial charge is 0.279 e. The summed E-state index contributed by atoms with van der Waals surface area (Å²) in [5, 5.41) is 6.91. The summed E-state index contributed by atoms with van der Waals surface area (Å²) in [5.41, 5.74) is 1.32. The molecule has 0 saturated heterocycles. The minimum Gasteiger partial charge on any atom is -0.392 e. The number of rotatable bonds is 12. The number of sulfonamides is 1. The zero-order valence-electron chi connectivity index (χ0n) is 21.3. The molecule has 0 spiro atoms. The van der Waals surface area contributed by atoms with Crippen molar-refractivity contribution in [3.05, 3.63) is 47.9 Å². The molecule has 0 aliphatic heterocycles. The third-order valence-electron chi connectivity index (χ3n) is 6.53. The zero-order chi connectivity index (χ0) is 26.4. The number of amides is 1. The van der Waals surface area contributed by atoms with Crippen LogP contribution in [0.3, 0.4) is 0 Å². The molecule has 1 aromatic heterocycles. The number of ether oxygens (including phenoxy) is 2. The van der Waals surface area contributed by atoms with Crippen LogP contribution in [0, 0.1) is 0 Å². The van der Waals surface area contributed by atoms with Crippen LogP contribution in [0.4, 0.5) is 5.82 Å². The summed E-state index contributed by atoms with van der Waals surface area (Å²) in [6.45, 7) is 0.492. The van der Waals surface area contributed by atoms with Crippen LogP contribution in [0.15, 0.2) is 46.7 Å². The van der Waals surface area contributed by atoms with E-state index in [0.717, 1.165) is 31.4 Å². The number of methoxy groups -OCH3 is 2. The Hall–Kier alpha value is -2.93. The average Bonchev–Trinajstić information content (AvgIpc) is 3.66. The summed E-state index contributed by atoms with van der Waals surface area (Å²) in [6, 6.07) is 5.95. The molecule has 12 heteroatoms. The van der Waals surface area contributed by atoms with Crippen molar-refractivity contribution in [1.29, 1.82) is 0 Å². The number of anilines is 1. The van der Waals surface area contributed by atoms with Gasteiger partial charge in [-0.3, -0.25) is 9.78 Å². The lowest BCUT2D eigenvalue weighted by Gasteiger charge is -2.17. The zero-order valence-corrected chi connectivity index (χ0v) is 22.1. The van der Waals surface area contributed by atoms with Crippen molar-refractivity contribution >= 4 is 27.5 Å². The first-order chi connectivity index (χ1) is 17.8. The molecular weight excluding hydrogens is 498 g/mol. The number of carbonyl (C=O) groups excluding carboxylic acids is 1. The molecule has 1 aromatic carbocycles. The van der Waals surface area contributed by atoms with Gasteiger partial charge in [-0.1, -0.05) is 17.3 Å². The Kier molecular flexibility index (Phi) is 8.85. The van der Waals surface area contributed by atoms with Crippen LogP contribution in [-0.2, 0) is 29.1 Å². The van der Waals surface area contributed by atoms with Gasteiger partial charge in [-0.2, -0.15) is 4.31 Å². The standard InChI is InChI=1S/C25H33N5O6S/c1-30(12-13-34-2)37(32,33)21-10-6-18(7-11-21)24(29-36-20-9-8-19(14-20)35-3)25(31)28-23-16-26-22(15-27-23)17-4-5-17/h6-7,10-11,15-17,19-20H,4-5,8-9,12-14H2,1-3H3,(H,27,28,31)/b29-24+/t19-,20-/m1/s1. The van der Waals surface area contributed by atoms with Crippen molar-refractivity contribution in [1.82, 2.24) is 14.3 Å². The maximum absolute atomic E-state index is 13.2. The number of oxime groups is 1. The third-order valence-corrected chi connectivity index (χ3v) is 8.40. The van der Waals surface area contributed by atoms with Crippen molar-refractivity contribution in [3.63, 3.8) is 0 Å². The van der Waals surface area contributed by atoms with Crippen molar-refractivity contribution in [3.8, 4) is 0 Å². The Morgan fingerprint density at radius 2 is 1.81 bits per heavy atom. The van der Waals surface area contributed by atoms with Crippen molar-refractivity contribution in [2.75, 3.05) is 39.7 Å². The van der Waals surface area contributed by atoms with Gasteiger partial charge in [0.25, 0.3) is 5.91 Å². The largest absolute Gasteiger partial charge is 0.392 e. The van der Waals surface area contributed by atoms with Gasteiger partial charge in [0, 0.05) is 45.7 Å². The highest BCUT2D eigenvalue weighted by Crippen LogP contribution is 2.38. The first-order valence-corrected chi connectivity index (χ1v) is 13.7. The summed E-state index contributed by atoms with van der Waals surface area (Å²) in [7, 11) is 0.944. The molecule has 2 aromatic rings. The minimum atomic E-state index is -3.71. The molecule has 11 nitrogen and oxygen atoms in total. The Morgan fingerprint density at radius 1 is 1.08 bits per heavy atom. The van der Waals surface area contributed by atoms with E-state index < -0.39 is 15.9 Å². The fourth-order valence-corrected chi connectivity index (χ4v) is 5.19. The first-order valence-electron chi connectivity index (χ1n) is 12.3. The quantitative estimate of drug-likeness (QED) is 0.326. The van der Waals surface area contributed by atoms with Gasteiger partial charge >= 0.3 is 0 Å². The molecule has 2 aliphatic rings. The van der Waals surface area contributed by atoms with Crippen LogP contribution in [0.1, 0.15) is 49.3 Å². The molecule has 4 rings (SSSR count). The molecule has 2 aliphatic carbocycles. The molecule has 1 amide bonds. The summed E-state index contributed by atoms with van der Waals surface area (Å²) in [6.07, 6.45) is 7.60. The number of carbonyl (C=O) groups is 1. The Bertz CT molecular complexity index is 1200. The molecule has 2 fully saturated rings. The topological polar surface area (TPSA) is 132 Å². The molecule has 1 N–H and O–H groups in total. The summed E-state index contributed by atoms with van der Waals surface area (Å²) in [4.78, 5) is 27.7. The predicted molar refractivity (Wildman–Crippen MR) is 137 cm³/mol. The van der Waals surface area contributed by atoms with Crippen molar-refractivity contribution < 1.29 is 27.5 Å². The molecule has 1 heterocycles. The number of hydrogen-bond donors (Lipinski definition) is 1. The van der Waals surface area contributed by atoms with Gasteiger partial charge in [-0.25, -0.2) is 13.4 Å². The number of hydrogen-bond acceptors (Lipinski definition) is 9. The molecule has 200 valence electrons. The van der Waals surface area contributed by atoms with E-state index in [4.69, 9.17) is 14.3 Å². The Balaban J connectivity index is 1.54. The van der Waals surface area contributed by atoms with Gasteiger partial charge in [0.2, 0.25) is 10.0 Å². The number of aromatic nitrogens is 2. The van der Waals surface area contributed by atoms with Gasteiger partial charge in [0.15, 0.2) is 11.5 Å². The fourth-order valence-electron chi connectivity index (χ4n) is 4.04. The summed E-state index contributed by atoms with van der Waals surface area (Å²) < 4.78 is 37.3. The van der Waals surface area contributed by atoms with E-state index in [2.05, 4.69) is 20.4 Å². The van der Waals surface area contributed by atoms with Crippen LogP contribution in [-0.4, -0.2) is 80.9 Å². The van der Waals surface area contributed by atoms with Crippen LogP contribution >= 0.6 is 0 Å². The van der Waals surface area contributed by atoms with E-state index >= 15 is 0 Å². The normalized spacial score (nSPS) is 20.3.